The zero-order valence-electron chi connectivity index (χ0n) is 48.1. The smallest absolute Gasteiger partial charge is 0.179 e. The van der Waals surface area contributed by atoms with Gasteiger partial charge in [0, 0.05) is 64.1 Å². The van der Waals surface area contributed by atoms with E-state index >= 15 is 0 Å². The van der Waals surface area contributed by atoms with Gasteiger partial charge >= 0.3 is 0 Å². The zero-order chi connectivity index (χ0) is 58.1. The summed E-state index contributed by atoms with van der Waals surface area (Å²) in [4.78, 5) is 0. The minimum atomic E-state index is -3.14. The van der Waals surface area contributed by atoms with Gasteiger partial charge in [0.15, 0.2) is 8.07 Å². The average Bonchev–Trinajstić information content (AvgIpc) is 1.24. The molecule has 0 radical (unpaired) electrons. The fraction of sp³-hybridized carbons (Fsp3) is 0. The molecule has 0 atom stereocenters. The highest BCUT2D eigenvalue weighted by Crippen LogP contribution is 2.47. The van der Waals surface area contributed by atoms with E-state index in [-0.39, 0.29) is 0 Å². The van der Waals surface area contributed by atoms with Crippen LogP contribution < -0.4 is 20.7 Å². The first-order chi connectivity index (χ1) is 43.7. The van der Waals surface area contributed by atoms with Crippen LogP contribution in [0, 0.1) is 0 Å². The van der Waals surface area contributed by atoms with E-state index in [1.165, 1.54) is 118 Å². The van der Waals surface area contributed by atoms with Crippen molar-refractivity contribution in [1.29, 1.82) is 0 Å². The predicted octanol–water partition coefficient (Wildman–Crippen LogP) is 20.0. The van der Waals surface area contributed by atoms with E-state index in [0.29, 0.717) is 0 Å². The second-order valence-electron chi connectivity index (χ2n) is 23.0. The van der Waals surface area contributed by atoms with Crippen LogP contribution in [-0.4, -0.2) is 17.2 Å². The van der Waals surface area contributed by atoms with Gasteiger partial charge in [0.25, 0.3) is 0 Å². The van der Waals surface area contributed by atoms with Crippen molar-refractivity contribution >= 4 is 104 Å². The third-order valence-electron chi connectivity index (χ3n) is 18.3. The Hall–Kier alpha value is -10.9. The summed E-state index contributed by atoms with van der Waals surface area (Å²) < 4.78 is 7.72. The first-order valence-electron chi connectivity index (χ1n) is 30.3. The number of aromatic nitrogens is 2. The van der Waals surface area contributed by atoms with Gasteiger partial charge in [0.1, 0.15) is 0 Å². The molecule has 0 aliphatic rings. The summed E-state index contributed by atoms with van der Waals surface area (Å²) in [6.07, 6.45) is 0. The normalized spacial score (nSPS) is 11.9. The summed E-state index contributed by atoms with van der Waals surface area (Å²) in [6, 6.07) is 127. The molecular formula is C84H56N2SSi. The molecule has 0 saturated heterocycles. The highest BCUT2D eigenvalue weighted by Gasteiger charge is 2.43. The Bertz CT molecular complexity index is 5370. The van der Waals surface area contributed by atoms with E-state index in [0.717, 1.165) is 33.5 Å². The summed E-state index contributed by atoms with van der Waals surface area (Å²) >= 11 is 1.87. The highest BCUT2D eigenvalue weighted by molar-refractivity contribution is 7.26. The molecule has 0 spiro atoms. The molecule has 412 valence electrons. The zero-order valence-corrected chi connectivity index (χ0v) is 50.0. The molecule has 4 heteroatoms. The van der Waals surface area contributed by atoms with E-state index in [4.69, 9.17) is 0 Å². The SMILES string of the molecule is c1ccc(-c2ccc([Si](c3ccccc3)(c3ccccc3)c3cc(-c4ccccc4)c(-n4c5ccccc5c5cc(-n6c7ccccc7c7cccc(-c8ccccc8-c8cccc9sc%10ccccc%10c89)c76)ccc54)c(-c4ccccc4)c3)cc2)cc1. The van der Waals surface area contributed by atoms with Crippen molar-refractivity contribution in [3.8, 4) is 67.0 Å². The largest absolute Gasteiger partial charge is 0.309 e. The molecule has 0 saturated carbocycles. The van der Waals surface area contributed by atoms with Gasteiger partial charge in [-0.1, -0.05) is 297 Å². The Balaban J connectivity index is 0.930. The molecule has 0 N–H and O–H groups in total. The fourth-order valence-electron chi connectivity index (χ4n) is 14.5. The Morgan fingerprint density at radius 3 is 1.31 bits per heavy atom. The van der Waals surface area contributed by atoms with Crippen LogP contribution in [0.1, 0.15) is 0 Å². The number of para-hydroxylation sites is 3. The summed E-state index contributed by atoms with van der Waals surface area (Å²) in [5.74, 6) is 0. The van der Waals surface area contributed by atoms with E-state index in [1.54, 1.807) is 0 Å². The Labute approximate surface area is 516 Å². The van der Waals surface area contributed by atoms with Crippen LogP contribution in [0.2, 0.25) is 0 Å². The van der Waals surface area contributed by atoms with Crippen molar-refractivity contribution in [2.45, 2.75) is 0 Å². The van der Waals surface area contributed by atoms with Crippen molar-refractivity contribution in [2.24, 2.45) is 0 Å². The molecule has 0 fully saturated rings. The lowest BCUT2D eigenvalue weighted by atomic mass is 9.91. The number of fused-ring (bicyclic) bond motifs is 9. The quantitative estimate of drug-likeness (QED) is 0.0902. The minimum Gasteiger partial charge on any atom is -0.309 e. The molecule has 88 heavy (non-hydrogen) atoms. The lowest BCUT2D eigenvalue weighted by molar-refractivity contribution is 1.17. The lowest BCUT2D eigenvalue weighted by Crippen LogP contribution is -2.74. The maximum Gasteiger partial charge on any atom is 0.179 e. The van der Waals surface area contributed by atoms with Crippen LogP contribution in [0.15, 0.2) is 340 Å². The van der Waals surface area contributed by atoms with E-state index in [2.05, 4.69) is 349 Å². The topological polar surface area (TPSA) is 9.86 Å². The van der Waals surface area contributed by atoms with Gasteiger partial charge in [-0.2, -0.15) is 0 Å². The van der Waals surface area contributed by atoms with Crippen molar-refractivity contribution in [3.05, 3.63) is 340 Å². The van der Waals surface area contributed by atoms with Crippen LogP contribution in [0.5, 0.6) is 0 Å². The van der Waals surface area contributed by atoms with Crippen LogP contribution >= 0.6 is 11.3 Å². The van der Waals surface area contributed by atoms with Gasteiger partial charge in [-0.15, -0.1) is 11.3 Å². The Morgan fingerprint density at radius 1 is 0.239 bits per heavy atom. The van der Waals surface area contributed by atoms with Gasteiger partial charge in [-0.25, -0.2) is 0 Å². The van der Waals surface area contributed by atoms with Gasteiger partial charge < -0.3 is 9.13 Å². The second kappa shape index (κ2) is 21.3. The van der Waals surface area contributed by atoms with Crippen LogP contribution in [0.4, 0.5) is 0 Å². The van der Waals surface area contributed by atoms with Gasteiger partial charge in [0.05, 0.1) is 27.8 Å². The number of benzene rings is 14. The fourth-order valence-corrected chi connectivity index (χ4v) is 20.4. The Morgan fingerprint density at radius 2 is 0.670 bits per heavy atom. The van der Waals surface area contributed by atoms with Gasteiger partial charge in [0.2, 0.25) is 0 Å². The van der Waals surface area contributed by atoms with Crippen LogP contribution in [-0.2, 0) is 0 Å². The number of rotatable bonds is 11. The molecular weight excluding hydrogens is 1100 g/mol. The first-order valence-corrected chi connectivity index (χ1v) is 33.1. The molecule has 14 aromatic carbocycles. The van der Waals surface area contributed by atoms with Crippen LogP contribution in [0.25, 0.3) is 131 Å². The summed E-state index contributed by atoms with van der Waals surface area (Å²) in [6.45, 7) is 0. The maximum atomic E-state index is 2.58. The van der Waals surface area contributed by atoms with E-state index < -0.39 is 8.07 Å². The van der Waals surface area contributed by atoms with Crippen LogP contribution in [0.3, 0.4) is 0 Å². The summed E-state index contributed by atoms with van der Waals surface area (Å²) in [5.41, 5.74) is 18.8. The number of thiophene rings is 1. The monoisotopic (exact) mass is 1150 g/mol. The molecule has 0 amide bonds. The molecule has 17 rings (SSSR count). The second-order valence-corrected chi connectivity index (χ2v) is 27.9. The first kappa shape index (κ1) is 51.5. The third kappa shape index (κ3) is 8.22. The Kier molecular flexibility index (Phi) is 12.5. The standard InChI is InChI=1S/C84H56N2SSi/c1-6-26-57(27-7-1)58-48-51-64(52-49-58)88(62-32-12-4-13-33-62,63-34-14-5-15-35-63)65-55-74(59-28-8-2-9-29-59)84(75(56-65)60-30-10-3-11-31-60)86-78-45-22-19-39-69(78)76-54-61(50-53-79(76)86)85-77-44-21-18-38-68(77)72-43-24-42-71(83(72)85)67-37-17-16-36-66(67)70-41-25-47-81-82(70)73-40-20-23-46-80(73)87-81/h1-56H. The van der Waals surface area contributed by atoms with Crippen molar-refractivity contribution in [1.82, 2.24) is 9.13 Å². The van der Waals surface area contributed by atoms with Gasteiger partial charge in [-0.3, -0.25) is 0 Å². The van der Waals surface area contributed by atoms with E-state index in [9.17, 15) is 0 Å². The molecule has 2 nitrogen and oxygen atoms in total. The van der Waals surface area contributed by atoms with E-state index in [1.807, 2.05) is 11.3 Å². The lowest BCUT2D eigenvalue weighted by Gasteiger charge is -2.36. The van der Waals surface area contributed by atoms with Crippen molar-refractivity contribution < 1.29 is 0 Å². The summed E-state index contributed by atoms with van der Waals surface area (Å²) in [7, 11) is -3.14. The molecule has 0 unspecified atom stereocenters. The van der Waals surface area contributed by atoms with Crippen molar-refractivity contribution in [3.63, 3.8) is 0 Å². The highest BCUT2D eigenvalue weighted by atomic mass is 32.1. The van der Waals surface area contributed by atoms with Gasteiger partial charge in [-0.05, 0) is 102 Å². The molecule has 0 aliphatic carbocycles. The molecule has 3 heterocycles. The van der Waals surface area contributed by atoms with Crippen molar-refractivity contribution in [2.75, 3.05) is 0 Å². The number of hydrogen-bond acceptors (Lipinski definition) is 1. The number of hydrogen-bond donors (Lipinski definition) is 0. The molecule has 0 bridgehead atoms. The third-order valence-corrected chi connectivity index (χ3v) is 24.2. The average molecular weight is 1150 g/mol. The summed E-state index contributed by atoms with van der Waals surface area (Å²) in [5, 5.41) is 12.7. The minimum absolute atomic E-state index is 1.11. The maximum absolute atomic E-state index is 3.14. The molecule has 0 aliphatic heterocycles. The predicted molar refractivity (Wildman–Crippen MR) is 379 cm³/mol. The molecule has 3 aromatic heterocycles. The number of nitrogens with zero attached hydrogens (tertiary/aromatic N) is 2. The molecule has 17 aromatic rings.